The van der Waals surface area contributed by atoms with Gasteiger partial charge < -0.3 is 14.6 Å². The molecular weight excluding hydrogens is 488 g/mol. The quantitative estimate of drug-likeness (QED) is 0.247. The third-order valence-corrected chi connectivity index (χ3v) is 7.09. The number of benzene rings is 2. The Kier molecular flexibility index (Phi) is 11.9. The molecule has 1 aliphatic heterocycles. The van der Waals surface area contributed by atoms with Crippen molar-refractivity contribution in [3.8, 4) is 0 Å². The topological polar surface area (TPSA) is 59.0 Å². The Morgan fingerprint density at radius 1 is 1.18 bits per heavy atom. The van der Waals surface area contributed by atoms with Crippen molar-refractivity contribution in [2.75, 3.05) is 32.9 Å². The number of ether oxygens (including phenoxy) is 2. The van der Waals surface area contributed by atoms with Crippen LogP contribution in [-0.2, 0) is 20.7 Å². The van der Waals surface area contributed by atoms with Crippen LogP contribution in [0.1, 0.15) is 67.7 Å². The zero-order valence-corrected chi connectivity index (χ0v) is 22.8. The number of likely N-dealkylation sites (tertiary alicyclic amines) is 1. The van der Waals surface area contributed by atoms with Crippen molar-refractivity contribution >= 4 is 12.0 Å². The molecule has 5 nitrogen and oxygen atoms in total. The normalized spacial score (nSPS) is 17.7. The van der Waals surface area contributed by atoms with Crippen LogP contribution in [0.2, 0.25) is 0 Å². The molecule has 208 valence electrons. The minimum Gasteiger partial charge on any atom is -0.463 e. The first-order valence-corrected chi connectivity index (χ1v) is 13.7. The number of rotatable bonds is 14. The average molecular weight is 530 g/mol. The number of hydrogen-bond acceptors (Lipinski definition) is 5. The van der Waals surface area contributed by atoms with Gasteiger partial charge in [0.05, 0.1) is 25.9 Å². The van der Waals surface area contributed by atoms with E-state index >= 15 is 0 Å². The molecule has 1 aliphatic rings. The molecule has 1 fully saturated rings. The monoisotopic (exact) mass is 529 g/mol. The Morgan fingerprint density at radius 3 is 2.74 bits per heavy atom. The van der Waals surface area contributed by atoms with Crippen molar-refractivity contribution in [1.82, 2.24) is 4.90 Å². The lowest BCUT2D eigenvalue weighted by Crippen LogP contribution is -2.39. The van der Waals surface area contributed by atoms with E-state index in [2.05, 4.69) is 11.8 Å². The summed E-state index contributed by atoms with van der Waals surface area (Å²) in [5, 5.41) is 10.7. The highest BCUT2D eigenvalue weighted by Crippen LogP contribution is 2.28. The van der Waals surface area contributed by atoms with Gasteiger partial charge in [-0.05, 0) is 92.6 Å². The van der Waals surface area contributed by atoms with Gasteiger partial charge in [-0.2, -0.15) is 0 Å². The van der Waals surface area contributed by atoms with Crippen LogP contribution in [0.25, 0.3) is 6.08 Å². The molecule has 1 N–H and O–H groups in total. The molecule has 0 saturated carbocycles. The minimum atomic E-state index is -0.664. The molecule has 2 aromatic rings. The Hall–Kier alpha value is -2.61. The van der Waals surface area contributed by atoms with E-state index in [1.165, 1.54) is 18.2 Å². The van der Waals surface area contributed by atoms with Crippen LogP contribution in [0.3, 0.4) is 0 Å². The molecule has 0 bridgehead atoms. The van der Waals surface area contributed by atoms with Crippen LogP contribution < -0.4 is 0 Å². The van der Waals surface area contributed by atoms with Crippen LogP contribution >= 0.6 is 0 Å². The molecule has 0 unspecified atom stereocenters. The fourth-order valence-electron chi connectivity index (χ4n) is 5.15. The first-order valence-electron chi connectivity index (χ1n) is 13.7. The molecule has 1 saturated heterocycles. The van der Waals surface area contributed by atoms with E-state index in [9.17, 15) is 18.7 Å². The van der Waals surface area contributed by atoms with Gasteiger partial charge in [0.25, 0.3) is 0 Å². The van der Waals surface area contributed by atoms with E-state index in [4.69, 9.17) is 9.47 Å². The molecular formula is C31H41F2NO4. The van der Waals surface area contributed by atoms with E-state index in [0.29, 0.717) is 18.7 Å². The third kappa shape index (κ3) is 9.00. The van der Waals surface area contributed by atoms with E-state index in [1.54, 1.807) is 32.1 Å². The molecule has 38 heavy (non-hydrogen) atoms. The summed E-state index contributed by atoms with van der Waals surface area (Å²) in [4.78, 5) is 14.0. The Morgan fingerprint density at radius 2 is 2.00 bits per heavy atom. The minimum absolute atomic E-state index is 0.0827. The van der Waals surface area contributed by atoms with Gasteiger partial charge in [-0.15, -0.1) is 0 Å². The van der Waals surface area contributed by atoms with Gasteiger partial charge >= 0.3 is 5.97 Å². The van der Waals surface area contributed by atoms with Crippen LogP contribution in [0.5, 0.6) is 0 Å². The number of aliphatic hydroxyl groups is 1. The molecule has 3 atom stereocenters. The molecule has 0 aromatic heterocycles. The number of β-amino-alcohol motifs (C(OH)–C–C–N with tert-alkyl or cyclic N) is 1. The van der Waals surface area contributed by atoms with Gasteiger partial charge in [0.1, 0.15) is 11.6 Å². The highest BCUT2D eigenvalue weighted by molar-refractivity contribution is 5.87. The SMILES string of the molecule is CCC[C@@H](COC[C@H](O)CN1CCC[C@H]1Cc1ccc(C)c(F)c1)c1cc(F)ccc1/C=C/C(=O)OCC. The second-order valence-electron chi connectivity index (χ2n) is 10.1. The van der Waals surface area contributed by atoms with Gasteiger partial charge in [0.2, 0.25) is 0 Å². The number of esters is 1. The number of halogens is 2. The molecule has 1 heterocycles. The summed E-state index contributed by atoms with van der Waals surface area (Å²) in [6.07, 6.45) is 6.82. The second kappa shape index (κ2) is 15.1. The van der Waals surface area contributed by atoms with E-state index in [1.807, 2.05) is 12.1 Å². The summed E-state index contributed by atoms with van der Waals surface area (Å²) < 4.78 is 39.1. The molecule has 0 amide bonds. The van der Waals surface area contributed by atoms with Gasteiger partial charge in [-0.3, -0.25) is 4.90 Å². The third-order valence-electron chi connectivity index (χ3n) is 7.09. The highest BCUT2D eigenvalue weighted by atomic mass is 19.1. The van der Waals surface area contributed by atoms with Crippen LogP contribution in [-0.4, -0.2) is 61.0 Å². The predicted octanol–water partition coefficient (Wildman–Crippen LogP) is 5.82. The molecule has 2 aromatic carbocycles. The van der Waals surface area contributed by atoms with Crippen molar-refractivity contribution in [2.45, 2.75) is 70.9 Å². The maximum Gasteiger partial charge on any atom is 0.330 e. The molecule has 0 aliphatic carbocycles. The predicted molar refractivity (Wildman–Crippen MR) is 146 cm³/mol. The van der Waals surface area contributed by atoms with Crippen molar-refractivity contribution in [3.05, 3.63) is 76.4 Å². The number of aryl methyl sites for hydroxylation is 1. The lowest BCUT2D eigenvalue weighted by Gasteiger charge is -2.27. The number of carbonyl (C=O) groups excluding carboxylic acids is 1. The fraction of sp³-hybridized carbons (Fsp3) is 0.516. The summed E-state index contributed by atoms with van der Waals surface area (Å²) in [6.45, 7) is 7.75. The lowest BCUT2D eigenvalue weighted by atomic mass is 9.90. The van der Waals surface area contributed by atoms with E-state index in [-0.39, 0.29) is 36.8 Å². The summed E-state index contributed by atoms with van der Waals surface area (Å²) in [6, 6.07) is 10.2. The first-order chi connectivity index (χ1) is 18.3. The zero-order valence-electron chi connectivity index (χ0n) is 22.8. The second-order valence-corrected chi connectivity index (χ2v) is 10.1. The molecule has 3 rings (SSSR count). The highest BCUT2D eigenvalue weighted by Gasteiger charge is 2.27. The van der Waals surface area contributed by atoms with Gasteiger partial charge in [0, 0.05) is 24.6 Å². The maximum absolute atomic E-state index is 14.2. The average Bonchev–Trinajstić information content (AvgIpc) is 3.31. The summed E-state index contributed by atoms with van der Waals surface area (Å²) in [7, 11) is 0. The lowest BCUT2D eigenvalue weighted by molar-refractivity contribution is -0.137. The van der Waals surface area contributed by atoms with Crippen molar-refractivity contribution in [2.24, 2.45) is 0 Å². The Balaban J connectivity index is 1.57. The molecule has 0 radical (unpaired) electrons. The summed E-state index contributed by atoms with van der Waals surface area (Å²) in [5.41, 5.74) is 3.13. The summed E-state index contributed by atoms with van der Waals surface area (Å²) in [5.74, 6) is -1.05. The van der Waals surface area contributed by atoms with E-state index in [0.717, 1.165) is 55.3 Å². The molecule has 0 spiro atoms. The van der Waals surface area contributed by atoms with E-state index < -0.39 is 12.1 Å². The van der Waals surface area contributed by atoms with Crippen LogP contribution in [0.4, 0.5) is 8.78 Å². The smallest absolute Gasteiger partial charge is 0.330 e. The van der Waals surface area contributed by atoms with Gasteiger partial charge in [-0.25, -0.2) is 13.6 Å². The van der Waals surface area contributed by atoms with Gasteiger partial charge in [0.15, 0.2) is 0 Å². The molecule has 7 heteroatoms. The van der Waals surface area contributed by atoms with Gasteiger partial charge in [-0.1, -0.05) is 31.5 Å². The largest absolute Gasteiger partial charge is 0.463 e. The van der Waals surface area contributed by atoms with Crippen LogP contribution in [0.15, 0.2) is 42.5 Å². The number of aliphatic hydroxyl groups excluding tert-OH is 1. The number of hydrogen-bond donors (Lipinski definition) is 1. The fourth-order valence-corrected chi connectivity index (χ4v) is 5.15. The van der Waals surface area contributed by atoms with Crippen LogP contribution in [0, 0.1) is 18.6 Å². The van der Waals surface area contributed by atoms with Crippen molar-refractivity contribution < 1.29 is 28.2 Å². The van der Waals surface area contributed by atoms with Crippen molar-refractivity contribution in [3.63, 3.8) is 0 Å². The number of carbonyl (C=O) groups is 1. The standard InChI is InChI=1S/C31H41F2NO4/c1-4-7-25(29-18-26(32)13-11-24(29)12-14-31(36)38-5-2)20-37-21-28(35)19-34-15-6-8-27(34)16-23-10-9-22(3)30(33)17-23/h9-14,17-18,25,27-28,35H,4-8,15-16,19-21H2,1-3H3/b14-12+/t25-,27-,28+/m0/s1. The number of nitrogens with zero attached hydrogens (tertiary/aromatic N) is 1. The summed E-state index contributed by atoms with van der Waals surface area (Å²) >= 11 is 0. The Labute approximate surface area is 225 Å². The first kappa shape index (κ1) is 29.9. The Bertz CT molecular complexity index is 1070. The maximum atomic E-state index is 14.2. The zero-order chi connectivity index (χ0) is 27.5. The van der Waals surface area contributed by atoms with Crippen molar-refractivity contribution in [1.29, 1.82) is 0 Å².